The van der Waals surface area contributed by atoms with E-state index in [0.29, 0.717) is 19.0 Å². The van der Waals surface area contributed by atoms with E-state index in [0.717, 1.165) is 69.5 Å². The molecular formula is C20H33N3O2. The molecule has 0 unspecified atom stereocenters. The number of amides is 3. The van der Waals surface area contributed by atoms with Crippen molar-refractivity contribution in [2.45, 2.75) is 58.3 Å². The summed E-state index contributed by atoms with van der Waals surface area (Å²) < 4.78 is 0. The van der Waals surface area contributed by atoms with Crippen LogP contribution < -0.4 is 5.32 Å². The Labute approximate surface area is 151 Å². The van der Waals surface area contributed by atoms with Gasteiger partial charge in [0.2, 0.25) is 5.91 Å². The summed E-state index contributed by atoms with van der Waals surface area (Å²) in [4.78, 5) is 29.7. The van der Waals surface area contributed by atoms with Crippen LogP contribution in [-0.2, 0) is 4.79 Å². The standard InChI is InChI=1S/C20H33N3O2/c1-2-4-21-19(25)23-6-3-5-22(7-8-23)18(24)20-12-15-9-16(13-20)11-17(10-15)14-20/h15-17H,2-14H2,1H3,(H,21,25). The predicted molar refractivity (Wildman–Crippen MR) is 97.1 cm³/mol. The number of carbonyl (C=O) groups excluding carboxylic acids is 2. The number of hydrogen-bond donors (Lipinski definition) is 1. The fraction of sp³-hybridized carbons (Fsp3) is 0.900. The highest BCUT2D eigenvalue weighted by Gasteiger charge is 2.55. The summed E-state index contributed by atoms with van der Waals surface area (Å²) >= 11 is 0. The van der Waals surface area contributed by atoms with Crippen molar-refractivity contribution in [3.8, 4) is 0 Å². The maximum Gasteiger partial charge on any atom is 0.317 e. The highest BCUT2D eigenvalue weighted by molar-refractivity contribution is 5.83. The molecule has 1 N–H and O–H groups in total. The second kappa shape index (κ2) is 6.81. The molecule has 1 heterocycles. The van der Waals surface area contributed by atoms with Crippen molar-refractivity contribution in [1.82, 2.24) is 15.1 Å². The number of rotatable bonds is 3. The van der Waals surface area contributed by atoms with E-state index in [9.17, 15) is 9.59 Å². The molecule has 5 nitrogen and oxygen atoms in total. The molecule has 4 bridgehead atoms. The molecule has 0 spiro atoms. The molecule has 25 heavy (non-hydrogen) atoms. The Morgan fingerprint density at radius 1 is 0.920 bits per heavy atom. The zero-order valence-electron chi connectivity index (χ0n) is 15.6. The Morgan fingerprint density at radius 2 is 1.48 bits per heavy atom. The SMILES string of the molecule is CCCNC(=O)N1CCCN(C(=O)C23CC4CC(CC(C4)C2)C3)CC1. The Bertz CT molecular complexity index is 498. The van der Waals surface area contributed by atoms with E-state index < -0.39 is 0 Å². The van der Waals surface area contributed by atoms with E-state index in [-0.39, 0.29) is 11.4 Å². The number of carbonyl (C=O) groups is 2. The van der Waals surface area contributed by atoms with Gasteiger partial charge in [-0.05, 0) is 69.1 Å². The van der Waals surface area contributed by atoms with Gasteiger partial charge in [-0.25, -0.2) is 4.79 Å². The van der Waals surface area contributed by atoms with Crippen LogP contribution in [0.3, 0.4) is 0 Å². The first kappa shape index (κ1) is 17.2. The Hall–Kier alpha value is -1.26. The molecule has 1 aliphatic heterocycles. The van der Waals surface area contributed by atoms with Crippen molar-refractivity contribution in [2.75, 3.05) is 32.7 Å². The van der Waals surface area contributed by atoms with E-state index in [1.165, 1.54) is 19.3 Å². The normalized spacial score (nSPS) is 37.1. The van der Waals surface area contributed by atoms with E-state index in [1.807, 2.05) is 4.90 Å². The van der Waals surface area contributed by atoms with Crippen molar-refractivity contribution in [3.05, 3.63) is 0 Å². The minimum atomic E-state index is -0.0472. The molecule has 5 heteroatoms. The molecule has 0 aromatic rings. The van der Waals surface area contributed by atoms with E-state index in [1.54, 1.807) is 0 Å². The van der Waals surface area contributed by atoms with Crippen molar-refractivity contribution in [2.24, 2.45) is 23.2 Å². The topological polar surface area (TPSA) is 52.7 Å². The Morgan fingerprint density at radius 3 is 2.08 bits per heavy atom. The van der Waals surface area contributed by atoms with Crippen LogP contribution in [0.1, 0.15) is 58.3 Å². The van der Waals surface area contributed by atoms with E-state index in [2.05, 4.69) is 17.1 Å². The van der Waals surface area contributed by atoms with Crippen LogP contribution in [0.25, 0.3) is 0 Å². The number of nitrogens with zero attached hydrogens (tertiary/aromatic N) is 2. The number of hydrogen-bond acceptors (Lipinski definition) is 2. The molecule has 1 saturated heterocycles. The van der Waals surface area contributed by atoms with Gasteiger partial charge in [-0.1, -0.05) is 6.92 Å². The lowest BCUT2D eigenvalue weighted by molar-refractivity contribution is -0.157. The first-order valence-electron chi connectivity index (χ1n) is 10.4. The van der Waals surface area contributed by atoms with Crippen LogP contribution in [0.2, 0.25) is 0 Å². The fourth-order valence-corrected chi connectivity index (χ4v) is 6.38. The molecule has 3 amide bonds. The van der Waals surface area contributed by atoms with Gasteiger partial charge < -0.3 is 15.1 Å². The van der Waals surface area contributed by atoms with Crippen LogP contribution >= 0.6 is 0 Å². The molecule has 0 aromatic carbocycles. The van der Waals surface area contributed by atoms with Gasteiger partial charge in [-0.15, -0.1) is 0 Å². The van der Waals surface area contributed by atoms with Crippen molar-refractivity contribution >= 4 is 11.9 Å². The Kier molecular flexibility index (Phi) is 4.67. The van der Waals surface area contributed by atoms with Gasteiger partial charge in [0.25, 0.3) is 0 Å². The summed E-state index contributed by atoms with van der Waals surface area (Å²) in [5.74, 6) is 2.83. The molecule has 4 aliphatic carbocycles. The molecule has 0 aromatic heterocycles. The van der Waals surface area contributed by atoms with Crippen LogP contribution in [0.5, 0.6) is 0 Å². The van der Waals surface area contributed by atoms with Crippen molar-refractivity contribution in [1.29, 1.82) is 0 Å². The molecule has 0 radical (unpaired) electrons. The van der Waals surface area contributed by atoms with Crippen LogP contribution in [-0.4, -0.2) is 54.5 Å². The molecule has 5 fully saturated rings. The Balaban J connectivity index is 1.39. The molecule has 0 atom stereocenters. The van der Waals surface area contributed by atoms with Gasteiger partial charge >= 0.3 is 6.03 Å². The third-order valence-corrected chi connectivity index (χ3v) is 7.09. The minimum Gasteiger partial charge on any atom is -0.340 e. The summed E-state index contributed by atoms with van der Waals surface area (Å²) in [5, 5.41) is 2.97. The smallest absolute Gasteiger partial charge is 0.317 e. The molecular weight excluding hydrogens is 314 g/mol. The average molecular weight is 348 g/mol. The van der Waals surface area contributed by atoms with Gasteiger partial charge in [-0.3, -0.25) is 4.79 Å². The highest BCUT2D eigenvalue weighted by atomic mass is 16.2. The first-order chi connectivity index (χ1) is 12.1. The molecule has 5 aliphatic rings. The number of urea groups is 1. The molecule has 4 saturated carbocycles. The molecule has 5 rings (SSSR count). The number of nitrogens with one attached hydrogen (secondary N) is 1. The fourth-order valence-electron chi connectivity index (χ4n) is 6.38. The van der Waals surface area contributed by atoms with Gasteiger partial charge in [0.05, 0.1) is 5.41 Å². The van der Waals surface area contributed by atoms with Crippen LogP contribution in [0.15, 0.2) is 0 Å². The van der Waals surface area contributed by atoms with Crippen molar-refractivity contribution in [3.63, 3.8) is 0 Å². The minimum absolute atomic E-state index is 0.0333. The van der Waals surface area contributed by atoms with Gasteiger partial charge in [0, 0.05) is 32.7 Å². The summed E-state index contributed by atoms with van der Waals surface area (Å²) in [5.41, 5.74) is -0.0472. The quantitative estimate of drug-likeness (QED) is 0.853. The third-order valence-electron chi connectivity index (χ3n) is 7.09. The van der Waals surface area contributed by atoms with Gasteiger partial charge in [0.1, 0.15) is 0 Å². The van der Waals surface area contributed by atoms with Gasteiger partial charge in [-0.2, -0.15) is 0 Å². The van der Waals surface area contributed by atoms with E-state index in [4.69, 9.17) is 0 Å². The summed E-state index contributed by atoms with van der Waals surface area (Å²) in [6, 6.07) is 0.0333. The van der Waals surface area contributed by atoms with Crippen molar-refractivity contribution < 1.29 is 9.59 Å². The van der Waals surface area contributed by atoms with Crippen LogP contribution in [0.4, 0.5) is 4.79 Å². The maximum absolute atomic E-state index is 13.5. The first-order valence-corrected chi connectivity index (χ1v) is 10.4. The van der Waals surface area contributed by atoms with E-state index >= 15 is 0 Å². The average Bonchev–Trinajstić information content (AvgIpc) is 2.84. The van der Waals surface area contributed by atoms with Crippen LogP contribution in [0, 0.1) is 23.2 Å². The third kappa shape index (κ3) is 3.26. The monoisotopic (exact) mass is 347 g/mol. The maximum atomic E-state index is 13.5. The molecule has 140 valence electrons. The lowest BCUT2D eigenvalue weighted by Gasteiger charge is -2.56. The van der Waals surface area contributed by atoms with Gasteiger partial charge in [0.15, 0.2) is 0 Å². The zero-order valence-corrected chi connectivity index (χ0v) is 15.6. The summed E-state index contributed by atoms with van der Waals surface area (Å²) in [6.45, 7) is 5.76. The largest absolute Gasteiger partial charge is 0.340 e. The second-order valence-electron chi connectivity index (χ2n) is 9.06. The summed E-state index contributed by atoms with van der Waals surface area (Å²) in [6.07, 6.45) is 9.38. The second-order valence-corrected chi connectivity index (χ2v) is 9.06. The predicted octanol–water partition coefficient (Wildman–Crippen LogP) is 2.86. The zero-order chi connectivity index (χ0) is 17.4. The highest BCUT2D eigenvalue weighted by Crippen LogP contribution is 2.60. The lowest BCUT2D eigenvalue weighted by atomic mass is 9.49. The summed E-state index contributed by atoms with van der Waals surface area (Å²) in [7, 11) is 0. The lowest BCUT2D eigenvalue weighted by Crippen LogP contribution is -2.55.